The second kappa shape index (κ2) is 3.58. The Balaban J connectivity index is 2.07. The standard InChI is InChI=1S/C11H21NO/c1-11(9-4-2-3-5-9)10(8-12)6-7-13-11/h9-10H,2-8,12H2,1H3. The Morgan fingerprint density at radius 1 is 1.31 bits per heavy atom. The second-order valence-corrected chi connectivity index (χ2v) is 4.73. The zero-order chi connectivity index (χ0) is 9.31. The molecule has 76 valence electrons. The van der Waals surface area contributed by atoms with Crippen LogP contribution in [0.3, 0.4) is 0 Å². The molecule has 2 nitrogen and oxygen atoms in total. The number of nitrogens with two attached hydrogens (primary N) is 1. The molecule has 13 heavy (non-hydrogen) atoms. The van der Waals surface area contributed by atoms with Crippen LogP contribution in [0, 0.1) is 11.8 Å². The third kappa shape index (κ3) is 1.50. The van der Waals surface area contributed by atoms with Crippen molar-refractivity contribution >= 4 is 0 Å². The Labute approximate surface area is 80.8 Å². The summed E-state index contributed by atoms with van der Waals surface area (Å²) in [7, 11) is 0. The normalized spacial score (nSPS) is 41.5. The summed E-state index contributed by atoms with van der Waals surface area (Å²) in [6, 6.07) is 0. The quantitative estimate of drug-likeness (QED) is 0.710. The van der Waals surface area contributed by atoms with E-state index in [-0.39, 0.29) is 5.60 Å². The van der Waals surface area contributed by atoms with E-state index in [1.165, 1.54) is 32.1 Å². The zero-order valence-corrected chi connectivity index (χ0v) is 8.59. The van der Waals surface area contributed by atoms with Crippen molar-refractivity contribution in [3.05, 3.63) is 0 Å². The first-order valence-corrected chi connectivity index (χ1v) is 5.61. The van der Waals surface area contributed by atoms with Crippen LogP contribution in [0.5, 0.6) is 0 Å². The van der Waals surface area contributed by atoms with Crippen molar-refractivity contribution in [2.75, 3.05) is 13.2 Å². The van der Waals surface area contributed by atoms with Gasteiger partial charge in [-0.15, -0.1) is 0 Å². The van der Waals surface area contributed by atoms with E-state index in [2.05, 4.69) is 6.92 Å². The van der Waals surface area contributed by atoms with Crippen LogP contribution in [0.4, 0.5) is 0 Å². The van der Waals surface area contributed by atoms with Gasteiger partial charge < -0.3 is 10.5 Å². The summed E-state index contributed by atoms with van der Waals surface area (Å²) in [4.78, 5) is 0. The molecule has 1 saturated carbocycles. The summed E-state index contributed by atoms with van der Waals surface area (Å²) in [5.74, 6) is 1.39. The largest absolute Gasteiger partial charge is 0.375 e. The highest BCUT2D eigenvalue weighted by atomic mass is 16.5. The molecule has 2 rings (SSSR count). The molecule has 1 saturated heterocycles. The van der Waals surface area contributed by atoms with Crippen LogP contribution in [0.1, 0.15) is 39.0 Å². The number of rotatable bonds is 2. The summed E-state index contributed by atoms with van der Waals surface area (Å²) < 4.78 is 5.95. The average Bonchev–Trinajstić information content (AvgIpc) is 2.72. The van der Waals surface area contributed by atoms with Crippen molar-refractivity contribution in [1.29, 1.82) is 0 Å². The summed E-state index contributed by atoms with van der Waals surface area (Å²) >= 11 is 0. The van der Waals surface area contributed by atoms with E-state index in [0.29, 0.717) is 5.92 Å². The Morgan fingerprint density at radius 2 is 2.00 bits per heavy atom. The average molecular weight is 183 g/mol. The van der Waals surface area contributed by atoms with Gasteiger partial charge in [-0.1, -0.05) is 12.8 Å². The molecule has 2 aliphatic rings. The van der Waals surface area contributed by atoms with Gasteiger partial charge in [0, 0.05) is 12.5 Å². The SMILES string of the molecule is CC1(C2CCCC2)OCCC1CN. The van der Waals surface area contributed by atoms with E-state index in [1.54, 1.807) is 0 Å². The third-order valence-corrected chi connectivity index (χ3v) is 4.14. The van der Waals surface area contributed by atoms with Crippen LogP contribution in [0.15, 0.2) is 0 Å². The Bertz CT molecular complexity index is 177. The third-order valence-electron chi connectivity index (χ3n) is 4.14. The van der Waals surface area contributed by atoms with Gasteiger partial charge in [0.25, 0.3) is 0 Å². The van der Waals surface area contributed by atoms with Crippen molar-refractivity contribution in [2.45, 2.75) is 44.6 Å². The first kappa shape index (κ1) is 9.47. The number of hydrogen-bond donors (Lipinski definition) is 1. The minimum Gasteiger partial charge on any atom is -0.375 e. The molecule has 2 N–H and O–H groups in total. The van der Waals surface area contributed by atoms with Crippen molar-refractivity contribution in [3.63, 3.8) is 0 Å². The molecule has 2 unspecified atom stereocenters. The van der Waals surface area contributed by atoms with Gasteiger partial charge in [-0.2, -0.15) is 0 Å². The van der Waals surface area contributed by atoms with Crippen LogP contribution in [-0.2, 0) is 4.74 Å². The van der Waals surface area contributed by atoms with Gasteiger partial charge >= 0.3 is 0 Å². The lowest BCUT2D eigenvalue weighted by molar-refractivity contribution is -0.0502. The molecule has 1 aliphatic heterocycles. The van der Waals surface area contributed by atoms with Crippen LogP contribution < -0.4 is 5.73 Å². The molecule has 2 atom stereocenters. The highest BCUT2D eigenvalue weighted by molar-refractivity contribution is 4.96. The topological polar surface area (TPSA) is 35.2 Å². The molecular formula is C11H21NO. The lowest BCUT2D eigenvalue weighted by atomic mass is 9.77. The molecular weight excluding hydrogens is 162 g/mol. The molecule has 0 aromatic heterocycles. The molecule has 0 bridgehead atoms. The molecule has 2 fully saturated rings. The van der Waals surface area contributed by atoms with E-state index < -0.39 is 0 Å². The fraction of sp³-hybridized carbons (Fsp3) is 1.00. The summed E-state index contributed by atoms with van der Waals surface area (Å²) in [5, 5.41) is 0. The minimum atomic E-state index is 0.116. The zero-order valence-electron chi connectivity index (χ0n) is 8.59. The van der Waals surface area contributed by atoms with Gasteiger partial charge in [0.2, 0.25) is 0 Å². The lowest BCUT2D eigenvalue weighted by Gasteiger charge is -2.35. The highest BCUT2D eigenvalue weighted by Gasteiger charge is 2.45. The molecule has 1 aliphatic carbocycles. The van der Waals surface area contributed by atoms with Gasteiger partial charge in [0.1, 0.15) is 0 Å². The maximum absolute atomic E-state index is 5.95. The lowest BCUT2D eigenvalue weighted by Crippen LogP contribution is -2.42. The van der Waals surface area contributed by atoms with Gasteiger partial charge in [-0.05, 0) is 38.6 Å². The van der Waals surface area contributed by atoms with Gasteiger partial charge in [-0.3, -0.25) is 0 Å². The van der Waals surface area contributed by atoms with Crippen molar-refractivity contribution in [1.82, 2.24) is 0 Å². The Hall–Kier alpha value is -0.0800. The van der Waals surface area contributed by atoms with E-state index in [4.69, 9.17) is 10.5 Å². The van der Waals surface area contributed by atoms with Crippen molar-refractivity contribution in [3.8, 4) is 0 Å². The summed E-state index contributed by atoms with van der Waals surface area (Å²) in [5.41, 5.74) is 5.91. The first-order chi connectivity index (χ1) is 6.27. The maximum Gasteiger partial charge on any atom is 0.0723 e. The first-order valence-electron chi connectivity index (χ1n) is 5.61. The van der Waals surface area contributed by atoms with Gasteiger partial charge in [0.05, 0.1) is 5.60 Å². The van der Waals surface area contributed by atoms with Crippen LogP contribution in [-0.4, -0.2) is 18.8 Å². The van der Waals surface area contributed by atoms with E-state index >= 15 is 0 Å². The molecule has 1 heterocycles. The maximum atomic E-state index is 5.95. The monoisotopic (exact) mass is 183 g/mol. The van der Waals surface area contributed by atoms with E-state index in [9.17, 15) is 0 Å². The van der Waals surface area contributed by atoms with Gasteiger partial charge in [0.15, 0.2) is 0 Å². The summed E-state index contributed by atoms with van der Waals surface area (Å²) in [6.45, 7) is 4.01. The van der Waals surface area contributed by atoms with Crippen molar-refractivity contribution < 1.29 is 4.74 Å². The molecule has 0 amide bonds. The molecule has 0 radical (unpaired) electrons. The molecule has 2 heteroatoms. The fourth-order valence-electron chi connectivity index (χ4n) is 3.13. The van der Waals surface area contributed by atoms with Crippen LogP contribution in [0.25, 0.3) is 0 Å². The predicted octanol–water partition coefficient (Wildman–Crippen LogP) is 1.93. The van der Waals surface area contributed by atoms with E-state index in [1.807, 2.05) is 0 Å². The van der Waals surface area contributed by atoms with Crippen molar-refractivity contribution in [2.24, 2.45) is 17.6 Å². The Kier molecular flexibility index (Phi) is 2.61. The van der Waals surface area contributed by atoms with Gasteiger partial charge in [-0.25, -0.2) is 0 Å². The summed E-state index contributed by atoms with van der Waals surface area (Å²) in [6.07, 6.45) is 6.66. The fourth-order valence-corrected chi connectivity index (χ4v) is 3.13. The van der Waals surface area contributed by atoms with E-state index in [0.717, 1.165) is 19.1 Å². The molecule has 0 aromatic rings. The minimum absolute atomic E-state index is 0.116. The van der Waals surface area contributed by atoms with Crippen LogP contribution >= 0.6 is 0 Å². The molecule has 0 aromatic carbocycles. The van der Waals surface area contributed by atoms with Crippen LogP contribution in [0.2, 0.25) is 0 Å². The number of ether oxygens (including phenoxy) is 1. The number of hydrogen-bond acceptors (Lipinski definition) is 2. The smallest absolute Gasteiger partial charge is 0.0723 e. The Morgan fingerprint density at radius 3 is 2.62 bits per heavy atom. The predicted molar refractivity (Wildman–Crippen MR) is 53.5 cm³/mol. The molecule has 0 spiro atoms. The second-order valence-electron chi connectivity index (χ2n) is 4.73. The highest BCUT2D eigenvalue weighted by Crippen LogP contribution is 2.44.